The highest BCUT2D eigenvalue weighted by molar-refractivity contribution is 5.81. The maximum Gasteiger partial charge on any atom is 0.328 e. The van der Waals surface area contributed by atoms with Crippen molar-refractivity contribution in [1.29, 1.82) is 0 Å². The molecule has 1 unspecified atom stereocenters. The van der Waals surface area contributed by atoms with Crippen LogP contribution < -0.4 is 10.1 Å². The first kappa shape index (κ1) is 19.6. The van der Waals surface area contributed by atoms with Crippen LogP contribution in [0.25, 0.3) is 0 Å². The molecule has 5 nitrogen and oxygen atoms in total. The van der Waals surface area contributed by atoms with E-state index in [2.05, 4.69) is 18.3 Å². The number of anilines is 1. The number of aliphatic hydroxyl groups excluding tert-OH is 1. The van der Waals surface area contributed by atoms with Crippen molar-refractivity contribution in [3.8, 4) is 18.1 Å². The molecule has 2 atom stereocenters. The number of terminal acetylenes is 1. The Bertz CT molecular complexity index is 592. The van der Waals surface area contributed by atoms with Crippen LogP contribution in [0.2, 0.25) is 0 Å². The number of nitrogens with one attached hydrogen (secondary N) is 1. The topological polar surface area (TPSA) is 67.8 Å². The third-order valence-electron chi connectivity index (χ3n) is 3.68. The molecule has 0 aliphatic carbocycles. The van der Waals surface area contributed by atoms with E-state index in [0.717, 1.165) is 29.8 Å². The standard InChI is InChI=1S/C16H21NO3.C3H4O/c1-4-6-11-9-12-10-13(19-3)7-8-14(12)17-15(11)16(18)20-5-2;1-2-3-4/h4,7-8,10-11,15,17H,1,5-6,9H2,2-3H3;1,4H,3H2/t11?,15-;/m0./s1. The fourth-order valence-electron chi connectivity index (χ4n) is 2.61. The van der Waals surface area contributed by atoms with Crippen LogP contribution in [0.1, 0.15) is 18.9 Å². The van der Waals surface area contributed by atoms with Gasteiger partial charge in [-0.05, 0) is 49.4 Å². The minimum atomic E-state index is -0.311. The van der Waals surface area contributed by atoms with Crippen LogP contribution in [-0.2, 0) is 16.0 Å². The molecule has 1 aromatic carbocycles. The van der Waals surface area contributed by atoms with Crippen molar-refractivity contribution in [3.05, 3.63) is 36.4 Å². The van der Waals surface area contributed by atoms with E-state index in [4.69, 9.17) is 14.6 Å². The second kappa shape index (κ2) is 10.3. The van der Waals surface area contributed by atoms with Crippen molar-refractivity contribution in [2.75, 3.05) is 25.6 Å². The summed E-state index contributed by atoms with van der Waals surface area (Å²) in [6.07, 6.45) is 7.96. The number of hydrogen-bond donors (Lipinski definition) is 2. The number of esters is 1. The van der Waals surface area contributed by atoms with Crippen LogP contribution in [0.15, 0.2) is 30.9 Å². The summed E-state index contributed by atoms with van der Waals surface area (Å²) in [5.41, 5.74) is 2.14. The number of carbonyl (C=O) groups excluding carboxylic acids is 1. The van der Waals surface area contributed by atoms with Crippen molar-refractivity contribution >= 4 is 11.7 Å². The van der Waals surface area contributed by atoms with Gasteiger partial charge in [0.15, 0.2) is 0 Å². The number of hydrogen-bond acceptors (Lipinski definition) is 5. The predicted molar refractivity (Wildman–Crippen MR) is 95.0 cm³/mol. The monoisotopic (exact) mass is 331 g/mol. The molecule has 1 heterocycles. The molecule has 0 aromatic heterocycles. The van der Waals surface area contributed by atoms with Gasteiger partial charge in [-0.15, -0.1) is 13.0 Å². The Morgan fingerprint density at radius 1 is 1.58 bits per heavy atom. The molecule has 0 saturated carbocycles. The number of rotatable bonds is 5. The van der Waals surface area contributed by atoms with Crippen LogP contribution in [0, 0.1) is 18.3 Å². The molecule has 130 valence electrons. The van der Waals surface area contributed by atoms with Gasteiger partial charge in [0.25, 0.3) is 0 Å². The number of benzene rings is 1. The maximum absolute atomic E-state index is 12.1. The first-order chi connectivity index (χ1) is 11.6. The summed E-state index contributed by atoms with van der Waals surface area (Å²) < 4.78 is 10.4. The van der Waals surface area contributed by atoms with Gasteiger partial charge in [0.05, 0.1) is 13.7 Å². The Morgan fingerprint density at radius 2 is 2.29 bits per heavy atom. The Morgan fingerprint density at radius 3 is 2.83 bits per heavy atom. The molecular weight excluding hydrogens is 306 g/mol. The maximum atomic E-state index is 12.1. The highest BCUT2D eigenvalue weighted by Gasteiger charge is 2.33. The quantitative estimate of drug-likeness (QED) is 0.493. The van der Waals surface area contributed by atoms with Crippen molar-refractivity contribution in [2.45, 2.75) is 25.8 Å². The van der Waals surface area contributed by atoms with Gasteiger partial charge >= 0.3 is 5.97 Å². The summed E-state index contributed by atoms with van der Waals surface area (Å²) in [6.45, 7) is 5.84. The van der Waals surface area contributed by atoms with Gasteiger partial charge in [-0.1, -0.05) is 12.0 Å². The van der Waals surface area contributed by atoms with Gasteiger partial charge in [-0.3, -0.25) is 0 Å². The smallest absolute Gasteiger partial charge is 0.328 e. The molecule has 2 rings (SSSR count). The van der Waals surface area contributed by atoms with Gasteiger partial charge in [0.2, 0.25) is 0 Å². The molecule has 0 bridgehead atoms. The SMILES string of the molecule is C#CCO.C=CCC1Cc2cc(OC)ccc2N[C@@H]1C(=O)OCC. The Balaban J connectivity index is 0.000000648. The first-order valence-electron chi connectivity index (χ1n) is 7.86. The number of allylic oxidation sites excluding steroid dienone is 1. The Labute approximate surface area is 143 Å². The highest BCUT2D eigenvalue weighted by Crippen LogP contribution is 2.33. The van der Waals surface area contributed by atoms with Gasteiger partial charge in [-0.25, -0.2) is 4.79 Å². The molecular formula is C19H25NO4. The summed E-state index contributed by atoms with van der Waals surface area (Å²) in [5.74, 6) is 2.78. The van der Waals surface area contributed by atoms with Crippen LogP contribution in [-0.4, -0.2) is 37.4 Å². The van der Waals surface area contributed by atoms with Crippen LogP contribution >= 0.6 is 0 Å². The largest absolute Gasteiger partial charge is 0.497 e. The van der Waals surface area contributed by atoms with E-state index in [0.29, 0.717) is 6.61 Å². The van der Waals surface area contributed by atoms with E-state index < -0.39 is 0 Å². The van der Waals surface area contributed by atoms with Gasteiger partial charge in [0.1, 0.15) is 18.4 Å². The minimum Gasteiger partial charge on any atom is -0.497 e. The molecule has 5 heteroatoms. The zero-order valence-electron chi connectivity index (χ0n) is 14.2. The lowest BCUT2D eigenvalue weighted by molar-refractivity contribution is -0.145. The van der Waals surface area contributed by atoms with E-state index in [-0.39, 0.29) is 24.5 Å². The Hall–Kier alpha value is -2.45. The summed E-state index contributed by atoms with van der Waals surface area (Å²) in [4.78, 5) is 12.1. The average Bonchev–Trinajstić information content (AvgIpc) is 2.61. The van der Waals surface area contributed by atoms with Gasteiger partial charge < -0.3 is 19.9 Å². The lowest BCUT2D eigenvalue weighted by Crippen LogP contribution is -2.42. The second-order valence-electron chi connectivity index (χ2n) is 5.25. The molecule has 1 aliphatic heterocycles. The van der Waals surface area contributed by atoms with Gasteiger partial charge in [-0.2, -0.15) is 0 Å². The average molecular weight is 331 g/mol. The van der Waals surface area contributed by atoms with E-state index in [1.54, 1.807) is 7.11 Å². The van der Waals surface area contributed by atoms with Gasteiger partial charge in [0, 0.05) is 5.69 Å². The van der Waals surface area contributed by atoms with Crippen LogP contribution in [0.5, 0.6) is 5.75 Å². The lowest BCUT2D eigenvalue weighted by atomic mass is 9.85. The molecule has 2 N–H and O–H groups in total. The molecule has 1 aliphatic rings. The predicted octanol–water partition coefficient (Wildman–Crippen LogP) is 2.40. The fourth-order valence-corrected chi connectivity index (χ4v) is 2.61. The first-order valence-corrected chi connectivity index (χ1v) is 7.86. The van der Waals surface area contributed by atoms with E-state index >= 15 is 0 Å². The van der Waals surface area contributed by atoms with E-state index in [9.17, 15) is 4.79 Å². The molecule has 0 radical (unpaired) electrons. The molecule has 0 saturated heterocycles. The summed E-state index contributed by atoms with van der Waals surface area (Å²) in [5, 5.41) is 10.9. The van der Waals surface area contributed by atoms with Crippen LogP contribution in [0.4, 0.5) is 5.69 Å². The highest BCUT2D eigenvalue weighted by atomic mass is 16.5. The Kier molecular flexibility index (Phi) is 8.45. The molecule has 24 heavy (non-hydrogen) atoms. The van der Waals surface area contributed by atoms with E-state index in [1.165, 1.54) is 0 Å². The van der Waals surface area contributed by atoms with Crippen molar-refractivity contribution < 1.29 is 19.4 Å². The fraction of sp³-hybridized carbons (Fsp3) is 0.421. The molecule has 0 amide bonds. The number of aliphatic hydroxyl groups is 1. The number of ether oxygens (including phenoxy) is 2. The molecule has 0 spiro atoms. The number of carbonyl (C=O) groups is 1. The second-order valence-corrected chi connectivity index (χ2v) is 5.25. The summed E-state index contributed by atoms with van der Waals surface area (Å²) in [6, 6.07) is 5.54. The minimum absolute atomic E-state index is 0.153. The van der Waals surface area contributed by atoms with Crippen molar-refractivity contribution in [1.82, 2.24) is 0 Å². The van der Waals surface area contributed by atoms with Crippen molar-refractivity contribution in [2.24, 2.45) is 5.92 Å². The summed E-state index contributed by atoms with van der Waals surface area (Å²) in [7, 11) is 1.65. The lowest BCUT2D eigenvalue weighted by Gasteiger charge is -2.32. The third-order valence-corrected chi connectivity index (χ3v) is 3.68. The zero-order chi connectivity index (χ0) is 17.9. The van der Waals surface area contributed by atoms with Crippen LogP contribution in [0.3, 0.4) is 0 Å². The normalized spacial score (nSPS) is 17.9. The third kappa shape index (κ3) is 5.32. The van der Waals surface area contributed by atoms with E-state index in [1.807, 2.05) is 37.1 Å². The zero-order valence-corrected chi connectivity index (χ0v) is 14.2. The molecule has 1 aromatic rings. The molecule has 0 fully saturated rings. The number of methoxy groups -OCH3 is 1. The number of fused-ring (bicyclic) bond motifs is 1. The van der Waals surface area contributed by atoms with Crippen molar-refractivity contribution in [3.63, 3.8) is 0 Å². The summed E-state index contributed by atoms with van der Waals surface area (Å²) >= 11 is 0.